The van der Waals surface area contributed by atoms with Crippen LogP contribution in [0.4, 0.5) is 4.39 Å². The SMILES string of the molecule is Cc1cccc(OCCN(C)C(C)C(=O)N(C)Cc2cccc(F)c2)c1. The van der Waals surface area contributed by atoms with Crippen molar-refractivity contribution in [3.05, 3.63) is 65.5 Å². The average molecular weight is 358 g/mol. The minimum atomic E-state index is -0.290. The molecular formula is C21H27FN2O2. The number of halogens is 1. The van der Waals surface area contributed by atoms with Gasteiger partial charge in [0.05, 0.1) is 6.04 Å². The average Bonchev–Trinajstić information content (AvgIpc) is 2.60. The molecule has 0 bridgehead atoms. The highest BCUT2D eigenvalue weighted by atomic mass is 19.1. The van der Waals surface area contributed by atoms with Crippen LogP contribution in [0, 0.1) is 12.7 Å². The highest BCUT2D eigenvalue weighted by Crippen LogP contribution is 2.13. The summed E-state index contributed by atoms with van der Waals surface area (Å²) in [4.78, 5) is 16.2. The van der Waals surface area contributed by atoms with E-state index in [4.69, 9.17) is 4.74 Å². The monoisotopic (exact) mass is 358 g/mol. The highest BCUT2D eigenvalue weighted by molar-refractivity contribution is 5.81. The van der Waals surface area contributed by atoms with E-state index in [9.17, 15) is 9.18 Å². The van der Waals surface area contributed by atoms with Gasteiger partial charge in [-0.1, -0.05) is 24.3 Å². The smallest absolute Gasteiger partial charge is 0.239 e. The van der Waals surface area contributed by atoms with Crippen molar-refractivity contribution in [2.75, 3.05) is 27.2 Å². The van der Waals surface area contributed by atoms with E-state index in [1.54, 1.807) is 18.0 Å². The molecular weight excluding hydrogens is 331 g/mol. The molecule has 0 aliphatic carbocycles. The molecule has 0 spiro atoms. The van der Waals surface area contributed by atoms with Crippen molar-refractivity contribution in [1.82, 2.24) is 9.80 Å². The van der Waals surface area contributed by atoms with E-state index in [0.717, 1.165) is 16.9 Å². The zero-order chi connectivity index (χ0) is 19.1. The number of likely N-dealkylation sites (N-methyl/N-ethyl adjacent to an activating group) is 2. The molecule has 0 saturated carbocycles. The highest BCUT2D eigenvalue weighted by Gasteiger charge is 2.21. The number of rotatable bonds is 8. The van der Waals surface area contributed by atoms with Gasteiger partial charge in [0.25, 0.3) is 0 Å². The van der Waals surface area contributed by atoms with E-state index in [2.05, 4.69) is 0 Å². The Morgan fingerprint density at radius 1 is 1.15 bits per heavy atom. The Morgan fingerprint density at radius 2 is 1.88 bits per heavy atom. The quantitative estimate of drug-likeness (QED) is 0.724. The van der Waals surface area contributed by atoms with Gasteiger partial charge in [-0.15, -0.1) is 0 Å². The van der Waals surface area contributed by atoms with Crippen LogP contribution in [0.3, 0.4) is 0 Å². The van der Waals surface area contributed by atoms with Crippen LogP contribution in [0.25, 0.3) is 0 Å². The maximum Gasteiger partial charge on any atom is 0.239 e. The number of hydrogen-bond acceptors (Lipinski definition) is 3. The largest absolute Gasteiger partial charge is 0.492 e. The summed E-state index contributed by atoms with van der Waals surface area (Å²) in [6.45, 7) is 5.42. The topological polar surface area (TPSA) is 32.8 Å². The summed E-state index contributed by atoms with van der Waals surface area (Å²) in [5.74, 6) is 0.537. The Hall–Kier alpha value is -2.40. The molecule has 0 N–H and O–H groups in total. The third-order valence-electron chi connectivity index (χ3n) is 4.41. The molecule has 2 aromatic carbocycles. The van der Waals surface area contributed by atoms with Crippen LogP contribution in [0.5, 0.6) is 5.75 Å². The lowest BCUT2D eigenvalue weighted by Gasteiger charge is -2.28. The third kappa shape index (κ3) is 5.85. The summed E-state index contributed by atoms with van der Waals surface area (Å²) in [7, 11) is 3.64. The van der Waals surface area contributed by atoms with Crippen LogP contribution in [-0.4, -0.2) is 49.0 Å². The lowest BCUT2D eigenvalue weighted by Crippen LogP contribution is -2.45. The molecule has 0 heterocycles. The number of carbonyl (C=O) groups is 1. The molecule has 2 aromatic rings. The van der Waals surface area contributed by atoms with Gasteiger partial charge in [0.2, 0.25) is 5.91 Å². The van der Waals surface area contributed by atoms with Crippen LogP contribution in [-0.2, 0) is 11.3 Å². The Bertz CT molecular complexity index is 735. The summed E-state index contributed by atoms with van der Waals surface area (Å²) < 4.78 is 19.0. The number of benzene rings is 2. The van der Waals surface area contributed by atoms with Crippen molar-refractivity contribution in [2.24, 2.45) is 0 Å². The number of hydrogen-bond donors (Lipinski definition) is 0. The van der Waals surface area contributed by atoms with Gasteiger partial charge in [0.1, 0.15) is 18.2 Å². The van der Waals surface area contributed by atoms with Crippen LogP contribution < -0.4 is 4.74 Å². The Balaban J connectivity index is 1.82. The van der Waals surface area contributed by atoms with Gasteiger partial charge in [-0.05, 0) is 56.3 Å². The van der Waals surface area contributed by atoms with Gasteiger partial charge in [-0.25, -0.2) is 4.39 Å². The zero-order valence-electron chi connectivity index (χ0n) is 15.9. The Morgan fingerprint density at radius 3 is 2.58 bits per heavy atom. The molecule has 26 heavy (non-hydrogen) atoms. The summed E-state index contributed by atoms with van der Waals surface area (Å²) in [6, 6.07) is 13.9. The van der Waals surface area contributed by atoms with Crippen molar-refractivity contribution < 1.29 is 13.9 Å². The van der Waals surface area contributed by atoms with E-state index in [1.165, 1.54) is 12.1 Å². The van der Waals surface area contributed by atoms with Crippen molar-refractivity contribution in [1.29, 1.82) is 0 Å². The summed E-state index contributed by atoms with van der Waals surface area (Å²) in [5, 5.41) is 0. The zero-order valence-corrected chi connectivity index (χ0v) is 15.9. The predicted molar refractivity (Wildman–Crippen MR) is 102 cm³/mol. The van der Waals surface area contributed by atoms with Gasteiger partial charge >= 0.3 is 0 Å². The van der Waals surface area contributed by atoms with E-state index < -0.39 is 0 Å². The Kier molecular flexibility index (Phi) is 7.16. The minimum Gasteiger partial charge on any atom is -0.492 e. The predicted octanol–water partition coefficient (Wildman–Crippen LogP) is 3.49. The minimum absolute atomic E-state index is 0.00711. The van der Waals surface area contributed by atoms with Crippen LogP contribution in [0.1, 0.15) is 18.1 Å². The molecule has 1 amide bonds. The number of amides is 1. The summed E-state index contributed by atoms with van der Waals surface area (Å²) in [6.07, 6.45) is 0. The van der Waals surface area contributed by atoms with E-state index in [0.29, 0.717) is 19.7 Å². The lowest BCUT2D eigenvalue weighted by molar-refractivity contribution is -0.135. The normalized spacial score (nSPS) is 12.1. The lowest BCUT2D eigenvalue weighted by atomic mass is 10.2. The Labute approximate surface area is 155 Å². The molecule has 0 fully saturated rings. The second-order valence-electron chi connectivity index (χ2n) is 6.65. The van der Waals surface area contributed by atoms with Crippen LogP contribution in [0.15, 0.2) is 48.5 Å². The van der Waals surface area contributed by atoms with E-state index >= 15 is 0 Å². The molecule has 0 aromatic heterocycles. The standard InChI is InChI=1S/C21H27FN2O2/c1-16-7-5-10-20(13-16)26-12-11-23(3)17(2)21(25)24(4)15-18-8-6-9-19(22)14-18/h5-10,13-14,17H,11-12,15H2,1-4H3. The second kappa shape index (κ2) is 9.34. The number of ether oxygens (including phenoxy) is 1. The van der Waals surface area contributed by atoms with Crippen molar-refractivity contribution in [2.45, 2.75) is 26.4 Å². The maximum absolute atomic E-state index is 13.3. The molecule has 140 valence electrons. The van der Waals surface area contributed by atoms with Gasteiger partial charge in [0, 0.05) is 20.1 Å². The number of nitrogens with zero attached hydrogens (tertiary/aromatic N) is 2. The van der Waals surface area contributed by atoms with E-state index in [-0.39, 0.29) is 17.8 Å². The summed E-state index contributed by atoms with van der Waals surface area (Å²) >= 11 is 0. The first-order valence-corrected chi connectivity index (χ1v) is 8.76. The molecule has 0 saturated heterocycles. The second-order valence-corrected chi connectivity index (χ2v) is 6.65. The van der Waals surface area contributed by atoms with Gasteiger partial charge in [0.15, 0.2) is 0 Å². The first kappa shape index (κ1) is 19.9. The fourth-order valence-corrected chi connectivity index (χ4v) is 2.70. The third-order valence-corrected chi connectivity index (χ3v) is 4.41. The maximum atomic E-state index is 13.3. The van der Waals surface area contributed by atoms with Crippen molar-refractivity contribution >= 4 is 5.91 Å². The molecule has 0 aliphatic heterocycles. The molecule has 1 atom stereocenters. The van der Waals surface area contributed by atoms with Crippen molar-refractivity contribution in [3.63, 3.8) is 0 Å². The first-order chi connectivity index (χ1) is 12.4. The summed E-state index contributed by atoms with van der Waals surface area (Å²) in [5.41, 5.74) is 1.93. The van der Waals surface area contributed by atoms with Gasteiger partial charge < -0.3 is 9.64 Å². The van der Waals surface area contributed by atoms with E-state index in [1.807, 2.05) is 56.1 Å². The number of carbonyl (C=O) groups excluding carboxylic acids is 1. The molecule has 2 rings (SSSR count). The molecule has 5 heteroatoms. The van der Waals surface area contributed by atoms with Crippen LogP contribution in [0.2, 0.25) is 0 Å². The molecule has 0 aliphatic rings. The number of aryl methyl sites for hydroxylation is 1. The van der Waals surface area contributed by atoms with Crippen LogP contribution >= 0.6 is 0 Å². The fraction of sp³-hybridized carbons (Fsp3) is 0.381. The fourth-order valence-electron chi connectivity index (χ4n) is 2.70. The molecule has 1 unspecified atom stereocenters. The molecule has 0 radical (unpaired) electrons. The first-order valence-electron chi connectivity index (χ1n) is 8.76. The molecule has 4 nitrogen and oxygen atoms in total. The van der Waals surface area contributed by atoms with Crippen molar-refractivity contribution in [3.8, 4) is 5.75 Å². The van der Waals surface area contributed by atoms with Gasteiger partial charge in [-0.3, -0.25) is 9.69 Å². The van der Waals surface area contributed by atoms with Gasteiger partial charge in [-0.2, -0.15) is 0 Å².